The van der Waals surface area contributed by atoms with Crippen molar-refractivity contribution in [2.24, 2.45) is 11.3 Å². The number of amides is 4. The number of fused-ring (bicyclic) bond motifs is 1. The Morgan fingerprint density at radius 3 is 2.74 bits per heavy atom. The zero-order valence-electron chi connectivity index (χ0n) is 21.7. The number of urea groups is 1. The third kappa shape index (κ3) is 4.26. The van der Waals surface area contributed by atoms with E-state index in [9.17, 15) is 14.4 Å². The number of methoxy groups -OCH3 is 1. The van der Waals surface area contributed by atoms with Gasteiger partial charge in [0.25, 0.3) is 5.91 Å². The molecule has 3 aliphatic rings. The van der Waals surface area contributed by atoms with Gasteiger partial charge in [-0.15, -0.1) is 0 Å². The molecule has 4 N–H and O–H groups in total. The summed E-state index contributed by atoms with van der Waals surface area (Å²) in [5.41, 5.74) is 1.15. The number of rotatable bonds is 5. The average molecular weight is 555 g/mol. The summed E-state index contributed by atoms with van der Waals surface area (Å²) in [5, 5.41) is 11.9. The van der Waals surface area contributed by atoms with Gasteiger partial charge in [-0.1, -0.05) is 17.7 Å². The Hall–Kier alpha value is -4.12. The van der Waals surface area contributed by atoms with Gasteiger partial charge in [0, 0.05) is 56.5 Å². The number of hydrogen-bond acceptors (Lipinski definition) is 6. The summed E-state index contributed by atoms with van der Waals surface area (Å²) >= 11 is 6.37. The first-order valence-corrected chi connectivity index (χ1v) is 12.8. The Morgan fingerprint density at radius 1 is 1.26 bits per heavy atom. The number of anilines is 1. The van der Waals surface area contributed by atoms with Crippen LogP contribution in [0.4, 0.5) is 14.9 Å². The van der Waals surface area contributed by atoms with Crippen LogP contribution in [0, 0.1) is 17.2 Å². The number of ether oxygens (including phenoxy) is 1. The summed E-state index contributed by atoms with van der Waals surface area (Å²) in [5.74, 6) is -2.15. The summed E-state index contributed by atoms with van der Waals surface area (Å²) in [6, 6.07) is 6.30. The van der Waals surface area contributed by atoms with Crippen molar-refractivity contribution in [1.82, 2.24) is 25.8 Å². The lowest BCUT2D eigenvalue weighted by Gasteiger charge is -2.38. The highest BCUT2D eigenvalue weighted by atomic mass is 35.5. The van der Waals surface area contributed by atoms with E-state index < -0.39 is 29.0 Å². The highest BCUT2D eigenvalue weighted by molar-refractivity contribution is 6.32. The molecule has 0 radical (unpaired) electrons. The van der Waals surface area contributed by atoms with E-state index in [4.69, 9.17) is 16.3 Å². The number of pyridine rings is 1. The average Bonchev–Trinajstić information content (AvgIpc) is 3.52. The molecule has 0 saturated carbocycles. The molecule has 10 nitrogen and oxygen atoms in total. The van der Waals surface area contributed by atoms with E-state index >= 15 is 4.39 Å². The zero-order valence-corrected chi connectivity index (χ0v) is 22.4. The molecule has 39 heavy (non-hydrogen) atoms. The van der Waals surface area contributed by atoms with Crippen molar-refractivity contribution in [1.29, 1.82) is 0 Å². The third-order valence-electron chi connectivity index (χ3n) is 7.61. The minimum atomic E-state index is -1.01. The van der Waals surface area contributed by atoms with Gasteiger partial charge in [0.05, 0.1) is 41.2 Å². The minimum absolute atomic E-state index is 0.126. The number of aromatic nitrogens is 1. The van der Waals surface area contributed by atoms with E-state index in [1.54, 1.807) is 30.1 Å². The van der Waals surface area contributed by atoms with Gasteiger partial charge in [-0.2, -0.15) is 0 Å². The molecule has 3 heterocycles. The number of halogens is 2. The van der Waals surface area contributed by atoms with Crippen molar-refractivity contribution >= 4 is 40.7 Å². The van der Waals surface area contributed by atoms with Crippen molar-refractivity contribution in [3.8, 4) is 5.75 Å². The molecule has 1 aromatic carbocycles. The fourth-order valence-corrected chi connectivity index (χ4v) is 6.13. The number of nitrogens with zero attached hydrogens (tertiary/aromatic N) is 2. The predicted molar refractivity (Wildman–Crippen MR) is 143 cm³/mol. The van der Waals surface area contributed by atoms with Gasteiger partial charge in [0.15, 0.2) is 5.75 Å². The van der Waals surface area contributed by atoms with Crippen LogP contribution in [0.3, 0.4) is 0 Å². The van der Waals surface area contributed by atoms with E-state index in [1.807, 2.05) is 0 Å². The Labute approximate surface area is 229 Å². The smallest absolute Gasteiger partial charge is 0.317 e. The Balaban J connectivity index is 1.78. The van der Waals surface area contributed by atoms with Gasteiger partial charge in [-0.05, 0) is 30.2 Å². The molecular weight excluding hydrogens is 527 g/mol. The fraction of sp³-hybridized carbons (Fsp3) is 0.333. The fourth-order valence-electron chi connectivity index (χ4n) is 5.88. The molecule has 0 bridgehead atoms. The predicted octanol–water partition coefficient (Wildman–Crippen LogP) is 2.54. The quantitative estimate of drug-likeness (QED) is 0.450. The summed E-state index contributed by atoms with van der Waals surface area (Å²) in [6.45, 7) is 0.932. The van der Waals surface area contributed by atoms with Crippen molar-refractivity contribution in [2.45, 2.75) is 6.42 Å². The molecule has 1 spiro atoms. The van der Waals surface area contributed by atoms with Crippen LogP contribution in [0.1, 0.15) is 12.0 Å². The lowest BCUT2D eigenvalue weighted by Crippen LogP contribution is -2.50. The van der Waals surface area contributed by atoms with Gasteiger partial charge in [-0.3, -0.25) is 14.6 Å². The molecule has 2 aromatic rings. The topological polar surface area (TPSA) is 125 Å². The van der Waals surface area contributed by atoms with Crippen LogP contribution in [-0.2, 0) is 9.59 Å². The number of likely N-dealkylation sites (tertiary alicyclic amines) is 1. The Morgan fingerprint density at radius 2 is 2.05 bits per heavy atom. The molecule has 5 rings (SSSR count). The van der Waals surface area contributed by atoms with Gasteiger partial charge < -0.3 is 30.9 Å². The van der Waals surface area contributed by atoms with Crippen LogP contribution in [0.2, 0.25) is 5.02 Å². The molecule has 1 aromatic heterocycles. The standard InChI is InChI=1S/C27H28ClFN6O4/c1-30-24(36)19-18(14-7-9-32-11-16(14)29)22(34-17-6-4-5-15(28)23(17)39-3)20-21(19)27(12-33-25(20)37)8-10-35(13-27)26(38)31-2/h4-7,9,11,19,34H,8,10,12-13H2,1-3H3,(H,30,36)(H,31,38)(H,33,37)/t19?,27-/m0/s1. The highest BCUT2D eigenvalue weighted by Gasteiger charge is 2.55. The van der Waals surface area contributed by atoms with Crippen LogP contribution in [0.5, 0.6) is 5.75 Å². The van der Waals surface area contributed by atoms with Gasteiger partial charge in [0.1, 0.15) is 5.82 Å². The van der Waals surface area contributed by atoms with Crippen LogP contribution in [-0.4, -0.2) is 68.6 Å². The maximum atomic E-state index is 15.4. The number of carbonyl (C=O) groups excluding carboxylic acids is 3. The normalized spacial score (nSPS) is 22.1. The number of hydrogen-bond donors (Lipinski definition) is 4. The molecule has 1 unspecified atom stereocenters. The van der Waals surface area contributed by atoms with Gasteiger partial charge in [0.2, 0.25) is 5.91 Å². The lowest BCUT2D eigenvalue weighted by molar-refractivity contribution is -0.122. The second-order valence-corrected chi connectivity index (χ2v) is 10.0. The van der Waals surface area contributed by atoms with Crippen LogP contribution < -0.4 is 26.0 Å². The monoisotopic (exact) mass is 554 g/mol. The Bertz CT molecular complexity index is 1440. The Kier molecular flexibility index (Phi) is 6.94. The first-order chi connectivity index (χ1) is 18.8. The first-order valence-electron chi connectivity index (χ1n) is 12.4. The molecule has 2 atom stereocenters. The maximum absolute atomic E-state index is 15.4. The number of nitrogens with one attached hydrogen (secondary N) is 4. The van der Waals surface area contributed by atoms with Gasteiger partial charge >= 0.3 is 6.03 Å². The SMILES string of the molecule is CNC(=O)C1C(c2ccncc2F)=C(Nc2cccc(Cl)c2OC)C2=C1[C@@]1(CCN(C(=O)NC)C1)CNC2=O. The number of carbonyl (C=O) groups is 3. The van der Waals surface area contributed by atoms with Gasteiger partial charge in [-0.25, -0.2) is 9.18 Å². The van der Waals surface area contributed by atoms with E-state index in [2.05, 4.69) is 26.3 Å². The van der Waals surface area contributed by atoms with Crippen LogP contribution >= 0.6 is 11.6 Å². The molecule has 1 saturated heterocycles. The van der Waals surface area contributed by atoms with E-state index in [0.717, 1.165) is 6.20 Å². The summed E-state index contributed by atoms with van der Waals surface area (Å²) in [7, 11) is 4.51. The van der Waals surface area contributed by atoms with Crippen LogP contribution in [0.25, 0.3) is 5.57 Å². The van der Waals surface area contributed by atoms with E-state index in [1.165, 1.54) is 26.4 Å². The van der Waals surface area contributed by atoms with Crippen molar-refractivity contribution in [3.05, 3.63) is 69.9 Å². The molecule has 1 aliphatic carbocycles. The van der Waals surface area contributed by atoms with Crippen molar-refractivity contribution in [3.63, 3.8) is 0 Å². The van der Waals surface area contributed by atoms with Crippen molar-refractivity contribution in [2.75, 3.05) is 46.2 Å². The zero-order chi connectivity index (χ0) is 27.9. The number of benzene rings is 1. The van der Waals surface area contributed by atoms with E-state index in [-0.39, 0.29) is 41.5 Å². The summed E-state index contributed by atoms with van der Waals surface area (Å²) in [6.07, 6.45) is 3.00. The minimum Gasteiger partial charge on any atom is -0.493 e. The molecule has 204 valence electrons. The highest BCUT2D eigenvalue weighted by Crippen LogP contribution is 2.55. The summed E-state index contributed by atoms with van der Waals surface area (Å²) < 4.78 is 20.9. The largest absolute Gasteiger partial charge is 0.493 e. The van der Waals surface area contributed by atoms with E-state index in [0.29, 0.717) is 35.0 Å². The molecule has 4 amide bonds. The molecule has 12 heteroatoms. The molecule has 2 aliphatic heterocycles. The summed E-state index contributed by atoms with van der Waals surface area (Å²) in [4.78, 5) is 45.3. The maximum Gasteiger partial charge on any atom is 0.317 e. The number of para-hydroxylation sites is 1. The molecule has 1 fully saturated rings. The third-order valence-corrected chi connectivity index (χ3v) is 7.91. The second kappa shape index (κ2) is 10.2. The first kappa shape index (κ1) is 26.5. The molecular formula is C27H28ClFN6O4. The van der Waals surface area contributed by atoms with Crippen molar-refractivity contribution < 1.29 is 23.5 Å². The lowest BCUT2D eigenvalue weighted by atomic mass is 9.69. The second-order valence-electron chi connectivity index (χ2n) is 9.62. The van der Waals surface area contributed by atoms with Crippen LogP contribution in [0.15, 0.2) is 53.5 Å².